The largest absolute Gasteiger partial charge is 0.465 e. The molecule has 3 aromatic rings. The number of rotatable bonds is 7. The van der Waals surface area contributed by atoms with E-state index in [1.807, 2.05) is 48.5 Å². The van der Waals surface area contributed by atoms with Gasteiger partial charge in [-0.3, -0.25) is 4.79 Å². The summed E-state index contributed by atoms with van der Waals surface area (Å²) in [5, 5.41) is 12.3. The van der Waals surface area contributed by atoms with E-state index in [4.69, 9.17) is 0 Å². The molecule has 1 aliphatic carbocycles. The minimum atomic E-state index is -0.799. The summed E-state index contributed by atoms with van der Waals surface area (Å²) in [6.45, 7) is 5.53. The van der Waals surface area contributed by atoms with Crippen molar-refractivity contribution in [3.63, 3.8) is 0 Å². The SMILES string of the molecule is CCN(CC1CCN(C(=O)O)CC1)C1CCc2ccc(NC(=O)c3ccc(-c4ccccc4)cc3)cc2C1. The third-order valence-electron chi connectivity index (χ3n) is 8.22. The van der Waals surface area contributed by atoms with Gasteiger partial charge in [-0.1, -0.05) is 55.5 Å². The second-order valence-corrected chi connectivity index (χ2v) is 10.6. The molecule has 1 unspecified atom stereocenters. The summed E-state index contributed by atoms with van der Waals surface area (Å²) < 4.78 is 0. The maximum atomic E-state index is 13.0. The fourth-order valence-corrected chi connectivity index (χ4v) is 5.95. The Hall–Kier alpha value is -3.64. The number of amides is 2. The molecule has 1 aliphatic heterocycles. The van der Waals surface area contributed by atoms with Gasteiger partial charge in [0.25, 0.3) is 5.91 Å². The zero-order valence-corrected chi connectivity index (χ0v) is 22.1. The van der Waals surface area contributed by atoms with E-state index < -0.39 is 6.09 Å². The van der Waals surface area contributed by atoms with Crippen molar-refractivity contribution in [3.8, 4) is 11.1 Å². The highest BCUT2D eigenvalue weighted by atomic mass is 16.4. The molecule has 0 spiro atoms. The van der Waals surface area contributed by atoms with Gasteiger partial charge in [-0.15, -0.1) is 0 Å². The molecule has 0 bridgehead atoms. The van der Waals surface area contributed by atoms with E-state index in [2.05, 4.69) is 41.4 Å². The topological polar surface area (TPSA) is 72.9 Å². The highest BCUT2D eigenvalue weighted by Gasteiger charge is 2.28. The number of nitrogens with zero attached hydrogens (tertiary/aromatic N) is 2. The Morgan fingerprint density at radius 1 is 0.921 bits per heavy atom. The molecule has 2 aliphatic rings. The van der Waals surface area contributed by atoms with Crippen LogP contribution in [0.4, 0.5) is 10.5 Å². The number of nitrogens with one attached hydrogen (secondary N) is 1. The first kappa shape index (κ1) is 26.0. The van der Waals surface area contributed by atoms with Crippen LogP contribution in [0.5, 0.6) is 0 Å². The van der Waals surface area contributed by atoms with Gasteiger partial charge in [0.15, 0.2) is 0 Å². The predicted octanol–water partition coefficient (Wildman–Crippen LogP) is 6.18. The summed E-state index contributed by atoms with van der Waals surface area (Å²) in [6.07, 6.45) is 4.24. The number of carbonyl (C=O) groups is 2. The summed E-state index contributed by atoms with van der Waals surface area (Å²) >= 11 is 0. The van der Waals surface area contributed by atoms with Crippen LogP contribution >= 0.6 is 0 Å². The van der Waals surface area contributed by atoms with E-state index in [1.165, 1.54) is 16.0 Å². The molecule has 1 atom stereocenters. The number of fused-ring (bicyclic) bond motifs is 1. The molecule has 6 nitrogen and oxygen atoms in total. The quantitative estimate of drug-likeness (QED) is 0.398. The van der Waals surface area contributed by atoms with Crippen LogP contribution in [0, 0.1) is 5.92 Å². The van der Waals surface area contributed by atoms with Gasteiger partial charge in [0.05, 0.1) is 0 Å². The van der Waals surface area contributed by atoms with Crippen LogP contribution in [-0.4, -0.2) is 59.1 Å². The van der Waals surface area contributed by atoms with E-state index in [-0.39, 0.29) is 5.91 Å². The van der Waals surface area contributed by atoms with E-state index in [0.29, 0.717) is 30.6 Å². The lowest BCUT2D eigenvalue weighted by Crippen LogP contribution is -2.45. The van der Waals surface area contributed by atoms with Crippen molar-refractivity contribution in [3.05, 3.63) is 89.5 Å². The molecule has 38 heavy (non-hydrogen) atoms. The first-order valence-corrected chi connectivity index (χ1v) is 13.8. The number of benzene rings is 3. The normalized spacial score (nSPS) is 17.7. The summed E-state index contributed by atoms with van der Waals surface area (Å²) in [5.74, 6) is 0.450. The van der Waals surface area contributed by atoms with Gasteiger partial charge < -0.3 is 20.2 Å². The van der Waals surface area contributed by atoms with Crippen LogP contribution in [0.1, 0.15) is 47.7 Å². The van der Waals surface area contributed by atoms with Crippen LogP contribution in [0.15, 0.2) is 72.8 Å². The van der Waals surface area contributed by atoms with Gasteiger partial charge in [-0.2, -0.15) is 0 Å². The van der Waals surface area contributed by atoms with Gasteiger partial charge in [0.2, 0.25) is 0 Å². The Morgan fingerprint density at radius 2 is 1.63 bits per heavy atom. The molecule has 5 rings (SSSR count). The van der Waals surface area contributed by atoms with Crippen LogP contribution in [0.25, 0.3) is 11.1 Å². The van der Waals surface area contributed by atoms with Crippen molar-refractivity contribution >= 4 is 17.7 Å². The van der Waals surface area contributed by atoms with Crippen LogP contribution in [0.2, 0.25) is 0 Å². The van der Waals surface area contributed by atoms with Crippen molar-refractivity contribution in [2.75, 3.05) is 31.5 Å². The third kappa shape index (κ3) is 6.08. The molecular weight excluding hydrogens is 474 g/mol. The number of hydrogen-bond donors (Lipinski definition) is 2. The Labute approximate surface area is 225 Å². The Bertz CT molecular complexity index is 1250. The summed E-state index contributed by atoms with van der Waals surface area (Å²) in [5.41, 5.74) is 6.40. The lowest BCUT2D eigenvalue weighted by Gasteiger charge is -2.39. The van der Waals surface area contributed by atoms with Gasteiger partial charge in [-0.25, -0.2) is 4.79 Å². The fourth-order valence-electron chi connectivity index (χ4n) is 5.95. The lowest BCUT2D eigenvalue weighted by molar-refractivity contribution is 0.101. The Morgan fingerprint density at radius 3 is 2.32 bits per heavy atom. The number of carbonyl (C=O) groups excluding carboxylic acids is 1. The maximum absolute atomic E-state index is 13.0. The molecule has 1 heterocycles. The number of likely N-dealkylation sites (N-methyl/N-ethyl adjacent to an activating group) is 1. The van der Waals surface area contributed by atoms with E-state index >= 15 is 0 Å². The van der Waals surface area contributed by atoms with Gasteiger partial charge >= 0.3 is 6.09 Å². The maximum Gasteiger partial charge on any atom is 0.407 e. The molecule has 0 saturated carbocycles. The standard InChI is InChI=1S/C32H37N3O3/c1-2-34(22-23-16-18-35(19-17-23)32(37)38)30-15-13-26-12-14-29(20-28(26)21-30)33-31(36)27-10-8-25(9-11-27)24-6-4-3-5-7-24/h3-12,14,20,23,30H,2,13,15-19,21-22H2,1H3,(H,33,36)(H,37,38). The van der Waals surface area contributed by atoms with Crippen molar-refractivity contribution in [1.29, 1.82) is 0 Å². The highest BCUT2D eigenvalue weighted by Crippen LogP contribution is 2.29. The van der Waals surface area contributed by atoms with Crippen molar-refractivity contribution in [2.24, 2.45) is 5.92 Å². The van der Waals surface area contributed by atoms with E-state index in [1.54, 1.807) is 0 Å². The van der Waals surface area contributed by atoms with Crippen LogP contribution in [-0.2, 0) is 12.8 Å². The van der Waals surface area contributed by atoms with Gasteiger partial charge in [0.1, 0.15) is 0 Å². The number of carboxylic acid groups (broad SMARTS) is 1. The van der Waals surface area contributed by atoms with Gasteiger partial charge in [-0.05, 0) is 91.1 Å². The van der Waals surface area contributed by atoms with Crippen molar-refractivity contribution in [1.82, 2.24) is 9.80 Å². The van der Waals surface area contributed by atoms with Crippen LogP contribution < -0.4 is 5.32 Å². The molecule has 0 aromatic heterocycles. The summed E-state index contributed by atoms with van der Waals surface area (Å²) in [6, 6.07) is 24.7. The average Bonchev–Trinajstić information content (AvgIpc) is 2.96. The van der Waals surface area contributed by atoms with Crippen molar-refractivity contribution < 1.29 is 14.7 Å². The van der Waals surface area contributed by atoms with E-state index in [0.717, 1.165) is 62.0 Å². The molecular formula is C32H37N3O3. The molecule has 2 amide bonds. The third-order valence-corrected chi connectivity index (χ3v) is 8.22. The van der Waals surface area contributed by atoms with Gasteiger partial charge in [0, 0.05) is 36.9 Å². The number of hydrogen-bond acceptors (Lipinski definition) is 3. The zero-order chi connectivity index (χ0) is 26.5. The Kier molecular flexibility index (Phi) is 8.08. The number of piperidine rings is 1. The summed E-state index contributed by atoms with van der Waals surface area (Å²) in [4.78, 5) is 28.3. The predicted molar refractivity (Wildman–Crippen MR) is 152 cm³/mol. The first-order chi connectivity index (χ1) is 18.5. The number of aryl methyl sites for hydroxylation is 1. The molecule has 0 radical (unpaired) electrons. The minimum Gasteiger partial charge on any atom is -0.465 e. The molecule has 6 heteroatoms. The molecule has 1 saturated heterocycles. The Balaban J connectivity index is 1.20. The second kappa shape index (κ2) is 11.8. The fraction of sp³-hybridized carbons (Fsp3) is 0.375. The molecule has 198 valence electrons. The smallest absolute Gasteiger partial charge is 0.407 e. The number of likely N-dealkylation sites (tertiary alicyclic amines) is 1. The highest BCUT2D eigenvalue weighted by molar-refractivity contribution is 6.04. The second-order valence-electron chi connectivity index (χ2n) is 10.6. The lowest BCUT2D eigenvalue weighted by atomic mass is 9.86. The van der Waals surface area contributed by atoms with Crippen LogP contribution in [0.3, 0.4) is 0 Å². The molecule has 3 aromatic carbocycles. The first-order valence-electron chi connectivity index (χ1n) is 13.8. The molecule has 2 N–H and O–H groups in total. The minimum absolute atomic E-state index is 0.0974. The van der Waals surface area contributed by atoms with E-state index in [9.17, 15) is 14.7 Å². The number of anilines is 1. The summed E-state index contributed by atoms with van der Waals surface area (Å²) in [7, 11) is 0. The average molecular weight is 512 g/mol. The monoisotopic (exact) mass is 511 g/mol. The zero-order valence-electron chi connectivity index (χ0n) is 22.1. The molecule has 1 fully saturated rings. The van der Waals surface area contributed by atoms with Crippen molar-refractivity contribution in [2.45, 2.75) is 45.1 Å².